The number of urea groups is 1. The van der Waals surface area contributed by atoms with Crippen LogP contribution < -0.4 is 5.32 Å². The average molecular weight is 200 g/mol. The lowest BCUT2D eigenvalue weighted by molar-refractivity contribution is 0.204. The summed E-state index contributed by atoms with van der Waals surface area (Å²) < 4.78 is 0. The molecule has 1 N–H and O–H groups in total. The molecule has 1 rings (SSSR count). The zero-order chi connectivity index (χ0) is 11.2. The highest BCUT2D eigenvalue weighted by Gasteiger charge is 2.31. The summed E-state index contributed by atoms with van der Waals surface area (Å²) in [6.07, 6.45) is 1.12. The number of rotatable bonds is 1. The predicted octanol–water partition coefficient (Wildman–Crippen LogP) is 2.47. The van der Waals surface area contributed by atoms with E-state index in [1.165, 1.54) is 0 Å². The molecule has 3 heteroatoms. The maximum Gasteiger partial charge on any atom is 0.317 e. The van der Waals surface area contributed by atoms with Crippen LogP contribution in [0.1, 0.15) is 41.0 Å². The van der Waals surface area contributed by atoms with E-state index in [-0.39, 0.29) is 6.03 Å². The Kier molecular flexibility index (Phi) is 5.58. The molecule has 1 aliphatic rings. The van der Waals surface area contributed by atoms with E-state index in [9.17, 15) is 4.79 Å². The van der Waals surface area contributed by atoms with Gasteiger partial charge >= 0.3 is 6.03 Å². The van der Waals surface area contributed by atoms with Gasteiger partial charge in [0.1, 0.15) is 0 Å². The number of amides is 2. The fourth-order valence-corrected chi connectivity index (χ4v) is 1.55. The Morgan fingerprint density at radius 2 is 2.00 bits per heavy atom. The van der Waals surface area contributed by atoms with Gasteiger partial charge in [-0.05, 0) is 18.8 Å². The molecule has 1 fully saturated rings. The lowest BCUT2D eigenvalue weighted by atomic mass is 9.93. The van der Waals surface area contributed by atoms with Crippen LogP contribution in [0.4, 0.5) is 4.79 Å². The molecule has 14 heavy (non-hydrogen) atoms. The highest BCUT2D eigenvalue weighted by atomic mass is 16.2. The van der Waals surface area contributed by atoms with Crippen LogP contribution in [-0.4, -0.2) is 30.6 Å². The second kappa shape index (κ2) is 5.89. The zero-order valence-corrected chi connectivity index (χ0v) is 10.2. The third kappa shape index (κ3) is 3.99. The molecule has 1 aliphatic heterocycles. The van der Waals surface area contributed by atoms with Crippen molar-refractivity contribution in [1.82, 2.24) is 10.2 Å². The molecule has 0 aromatic carbocycles. The minimum Gasteiger partial charge on any atom is -0.338 e. The summed E-state index contributed by atoms with van der Waals surface area (Å²) in [5.41, 5.74) is 0.311. The minimum atomic E-state index is 0.0862. The van der Waals surface area contributed by atoms with Gasteiger partial charge < -0.3 is 10.2 Å². The molecule has 1 heterocycles. The predicted molar refractivity (Wildman–Crippen MR) is 60.4 cm³/mol. The van der Waals surface area contributed by atoms with Crippen LogP contribution in [0.5, 0.6) is 0 Å². The SMILES string of the molecule is CC.CCNC(=O)N1CCC(C)(C)C1. The van der Waals surface area contributed by atoms with E-state index < -0.39 is 0 Å². The van der Waals surface area contributed by atoms with Gasteiger partial charge in [-0.2, -0.15) is 0 Å². The maximum absolute atomic E-state index is 11.3. The number of hydrogen-bond acceptors (Lipinski definition) is 1. The fourth-order valence-electron chi connectivity index (χ4n) is 1.55. The van der Waals surface area contributed by atoms with Gasteiger partial charge in [-0.25, -0.2) is 4.79 Å². The lowest BCUT2D eigenvalue weighted by Crippen LogP contribution is -2.38. The van der Waals surface area contributed by atoms with E-state index in [4.69, 9.17) is 0 Å². The number of hydrogen-bond donors (Lipinski definition) is 1. The number of likely N-dealkylation sites (tertiary alicyclic amines) is 1. The Morgan fingerprint density at radius 1 is 1.43 bits per heavy atom. The summed E-state index contributed by atoms with van der Waals surface area (Å²) >= 11 is 0. The van der Waals surface area contributed by atoms with Crippen molar-refractivity contribution in [3.8, 4) is 0 Å². The Labute approximate surface area is 87.9 Å². The van der Waals surface area contributed by atoms with Crippen LogP contribution in [0.2, 0.25) is 0 Å². The molecule has 0 aromatic heterocycles. The van der Waals surface area contributed by atoms with E-state index in [1.807, 2.05) is 25.7 Å². The van der Waals surface area contributed by atoms with Crippen LogP contribution in [-0.2, 0) is 0 Å². The number of carbonyl (C=O) groups excluding carboxylic acids is 1. The van der Waals surface area contributed by atoms with Crippen molar-refractivity contribution < 1.29 is 4.79 Å². The van der Waals surface area contributed by atoms with Crippen molar-refractivity contribution in [1.29, 1.82) is 0 Å². The molecule has 0 radical (unpaired) electrons. The van der Waals surface area contributed by atoms with Crippen molar-refractivity contribution in [2.24, 2.45) is 5.41 Å². The summed E-state index contributed by atoms with van der Waals surface area (Å²) in [6.45, 7) is 12.9. The molecule has 0 aliphatic carbocycles. The molecule has 0 saturated carbocycles. The van der Waals surface area contributed by atoms with Gasteiger partial charge in [0.15, 0.2) is 0 Å². The zero-order valence-electron chi connectivity index (χ0n) is 10.2. The van der Waals surface area contributed by atoms with Gasteiger partial charge in [-0.3, -0.25) is 0 Å². The highest BCUT2D eigenvalue weighted by Crippen LogP contribution is 2.28. The van der Waals surface area contributed by atoms with Crippen molar-refractivity contribution in [3.05, 3.63) is 0 Å². The van der Waals surface area contributed by atoms with Crippen LogP contribution >= 0.6 is 0 Å². The molecular weight excluding hydrogens is 176 g/mol. The Hall–Kier alpha value is -0.730. The van der Waals surface area contributed by atoms with Gasteiger partial charge in [0.2, 0.25) is 0 Å². The number of carbonyl (C=O) groups is 1. The molecule has 1 saturated heterocycles. The van der Waals surface area contributed by atoms with Crippen molar-refractivity contribution >= 4 is 6.03 Å². The largest absolute Gasteiger partial charge is 0.338 e. The molecule has 3 nitrogen and oxygen atoms in total. The van der Waals surface area contributed by atoms with Crippen molar-refractivity contribution in [2.75, 3.05) is 19.6 Å². The molecule has 0 bridgehead atoms. The van der Waals surface area contributed by atoms with Crippen LogP contribution in [0.25, 0.3) is 0 Å². The molecule has 84 valence electrons. The number of nitrogens with one attached hydrogen (secondary N) is 1. The summed E-state index contributed by atoms with van der Waals surface area (Å²) in [5.74, 6) is 0. The van der Waals surface area contributed by atoms with Crippen molar-refractivity contribution in [3.63, 3.8) is 0 Å². The van der Waals surface area contributed by atoms with Crippen LogP contribution in [0.15, 0.2) is 0 Å². The van der Waals surface area contributed by atoms with Crippen LogP contribution in [0.3, 0.4) is 0 Å². The highest BCUT2D eigenvalue weighted by molar-refractivity contribution is 5.74. The first kappa shape index (κ1) is 13.3. The summed E-state index contributed by atoms with van der Waals surface area (Å²) in [5, 5.41) is 2.81. The van der Waals surface area contributed by atoms with Gasteiger partial charge in [-0.1, -0.05) is 27.7 Å². The standard InChI is InChI=1S/C9H18N2O.C2H6/c1-4-10-8(12)11-6-5-9(2,3)7-11;1-2/h4-7H2,1-3H3,(H,10,12);1-2H3. The fraction of sp³-hybridized carbons (Fsp3) is 0.909. The maximum atomic E-state index is 11.3. The second-order valence-corrected chi connectivity index (χ2v) is 4.17. The molecular formula is C11H24N2O. The third-order valence-electron chi connectivity index (χ3n) is 2.29. The molecule has 0 unspecified atom stereocenters. The summed E-state index contributed by atoms with van der Waals surface area (Å²) in [4.78, 5) is 13.2. The molecule has 0 atom stereocenters. The number of nitrogens with zero attached hydrogens (tertiary/aromatic N) is 1. The van der Waals surface area contributed by atoms with Gasteiger partial charge in [0, 0.05) is 19.6 Å². The first-order valence-electron chi connectivity index (χ1n) is 5.58. The first-order valence-corrected chi connectivity index (χ1v) is 5.58. The topological polar surface area (TPSA) is 32.3 Å². The Balaban J connectivity index is 0.000000791. The van der Waals surface area contributed by atoms with E-state index in [0.29, 0.717) is 5.41 Å². The van der Waals surface area contributed by atoms with E-state index >= 15 is 0 Å². The Morgan fingerprint density at radius 3 is 2.36 bits per heavy atom. The van der Waals surface area contributed by atoms with Gasteiger partial charge in [0.25, 0.3) is 0 Å². The molecule has 0 aromatic rings. The van der Waals surface area contributed by atoms with Gasteiger partial charge in [-0.15, -0.1) is 0 Å². The van der Waals surface area contributed by atoms with E-state index in [1.54, 1.807) is 0 Å². The Bertz CT molecular complexity index is 178. The normalized spacial score (nSPS) is 18.5. The summed E-state index contributed by atoms with van der Waals surface area (Å²) in [6, 6.07) is 0.0862. The average Bonchev–Trinajstić information content (AvgIpc) is 2.50. The minimum absolute atomic E-state index is 0.0862. The summed E-state index contributed by atoms with van der Waals surface area (Å²) in [7, 11) is 0. The lowest BCUT2D eigenvalue weighted by Gasteiger charge is -2.19. The smallest absolute Gasteiger partial charge is 0.317 e. The van der Waals surface area contributed by atoms with E-state index in [0.717, 1.165) is 26.1 Å². The molecule has 2 amide bonds. The second-order valence-electron chi connectivity index (χ2n) is 4.17. The third-order valence-corrected chi connectivity index (χ3v) is 2.29. The monoisotopic (exact) mass is 200 g/mol. The van der Waals surface area contributed by atoms with Crippen molar-refractivity contribution in [2.45, 2.75) is 41.0 Å². The van der Waals surface area contributed by atoms with E-state index in [2.05, 4.69) is 19.2 Å². The quantitative estimate of drug-likeness (QED) is 0.693. The first-order chi connectivity index (χ1) is 6.55. The molecule has 0 spiro atoms. The van der Waals surface area contributed by atoms with Crippen LogP contribution in [0, 0.1) is 5.41 Å². The van der Waals surface area contributed by atoms with Gasteiger partial charge in [0.05, 0.1) is 0 Å².